The van der Waals surface area contributed by atoms with Gasteiger partial charge in [-0.2, -0.15) is 13.2 Å². The molecule has 0 saturated carbocycles. The van der Waals surface area contributed by atoms with Crippen LogP contribution in [0.25, 0.3) is 0 Å². The van der Waals surface area contributed by atoms with Gasteiger partial charge in [0.1, 0.15) is 5.82 Å². The van der Waals surface area contributed by atoms with Gasteiger partial charge in [0.05, 0.1) is 11.2 Å². The molecule has 1 rings (SSSR count). The van der Waals surface area contributed by atoms with Crippen LogP contribution in [0.1, 0.15) is 19.4 Å². The lowest BCUT2D eigenvalue weighted by molar-refractivity contribution is -0.137. The second kappa shape index (κ2) is 4.29. The van der Waals surface area contributed by atoms with Crippen molar-refractivity contribution in [2.45, 2.75) is 25.6 Å². The highest BCUT2D eigenvalue weighted by Gasteiger charge is 2.34. The Hall–Kier alpha value is -1.30. The summed E-state index contributed by atoms with van der Waals surface area (Å²) in [6, 6.07) is 2.16. The molecule has 0 unspecified atom stereocenters. The lowest BCUT2D eigenvalue weighted by Gasteiger charge is -2.20. The van der Waals surface area contributed by atoms with Gasteiger partial charge in [-0.25, -0.2) is 4.98 Å². The molecular weight excluding hydrogens is 221 g/mol. The summed E-state index contributed by atoms with van der Waals surface area (Å²) in [4.78, 5) is 3.61. The molecule has 6 heteroatoms. The van der Waals surface area contributed by atoms with Gasteiger partial charge in [-0.3, -0.25) is 0 Å². The van der Waals surface area contributed by atoms with Gasteiger partial charge in [0.2, 0.25) is 0 Å². The second-order valence-electron chi connectivity index (χ2n) is 4.06. The van der Waals surface area contributed by atoms with Gasteiger partial charge in [-0.15, -0.1) is 0 Å². The van der Waals surface area contributed by atoms with Crippen molar-refractivity contribution in [2.75, 3.05) is 11.9 Å². The molecule has 0 atom stereocenters. The van der Waals surface area contributed by atoms with Gasteiger partial charge >= 0.3 is 6.18 Å². The zero-order chi connectivity index (χ0) is 12.4. The van der Waals surface area contributed by atoms with Crippen LogP contribution in [-0.2, 0) is 6.18 Å². The molecular formula is C10H13F3N2O. The van der Waals surface area contributed by atoms with E-state index in [4.69, 9.17) is 0 Å². The fourth-order valence-electron chi connectivity index (χ4n) is 1.07. The number of rotatable bonds is 3. The SMILES string of the molecule is CC(C)(O)CNc1ncccc1C(F)(F)F. The summed E-state index contributed by atoms with van der Waals surface area (Å²) < 4.78 is 37.6. The van der Waals surface area contributed by atoms with Crippen molar-refractivity contribution in [3.63, 3.8) is 0 Å². The largest absolute Gasteiger partial charge is 0.419 e. The van der Waals surface area contributed by atoms with E-state index in [0.29, 0.717) is 0 Å². The highest BCUT2D eigenvalue weighted by molar-refractivity contribution is 5.45. The van der Waals surface area contributed by atoms with Gasteiger partial charge in [-0.1, -0.05) is 0 Å². The Balaban J connectivity index is 2.88. The summed E-state index contributed by atoms with van der Waals surface area (Å²) in [5, 5.41) is 11.9. The summed E-state index contributed by atoms with van der Waals surface area (Å²) in [6.45, 7) is 2.99. The molecule has 16 heavy (non-hydrogen) atoms. The molecule has 0 radical (unpaired) electrons. The average Bonchev–Trinajstić information content (AvgIpc) is 2.12. The number of anilines is 1. The molecule has 0 fully saturated rings. The standard InChI is InChI=1S/C10H13F3N2O/c1-9(2,16)6-15-8-7(10(11,12)13)4-3-5-14-8/h3-5,16H,6H2,1-2H3,(H,14,15). The molecule has 0 saturated heterocycles. The molecule has 0 amide bonds. The Kier molecular flexibility index (Phi) is 3.42. The maximum absolute atomic E-state index is 12.5. The van der Waals surface area contributed by atoms with Crippen LogP contribution in [0.5, 0.6) is 0 Å². The number of alkyl halides is 3. The second-order valence-corrected chi connectivity index (χ2v) is 4.06. The summed E-state index contributed by atoms with van der Waals surface area (Å²) in [5.74, 6) is -0.267. The lowest BCUT2D eigenvalue weighted by atomic mass is 10.1. The Morgan fingerprint density at radius 1 is 1.38 bits per heavy atom. The minimum atomic E-state index is -4.45. The van der Waals surface area contributed by atoms with E-state index < -0.39 is 17.3 Å². The molecule has 0 aliphatic rings. The minimum absolute atomic E-state index is 0.00685. The molecule has 0 aliphatic carbocycles. The maximum atomic E-state index is 12.5. The Morgan fingerprint density at radius 2 is 2.00 bits per heavy atom. The zero-order valence-corrected chi connectivity index (χ0v) is 8.97. The number of hydrogen-bond donors (Lipinski definition) is 2. The van der Waals surface area contributed by atoms with Crippen LogP contribution in [-0.4, -0.2) is 22.2 Å². The van der Waals surface area contributed by atoms with Crippen LogP contribution >= 0.6 is 0 Å². The first kappa shape index (κ1) is 12.8. The number of halogens is 3. The predicted octanol–water partition coefficient (Wildman–Crippen LogP) is 2.28. The fraction of sp³-hybridized carbons (Fsp3) is 0.500. The van der Waals surface area contributed by atoms with E-state index in [1.54, 1.807) is 0 Å². The first-order chi connectivity index (χ1) is 7.20. The van der Waals surface area contributed by atoms with Gasteiger partial charge in [0, 0.05) is 12.7 Å². The fourth-order valence-corrected chi connectivity index (χ4v) is 1.07. The molecule has 1 heterocycles. The van der Waals surface area contributed by atoms with Crippen molar-refractivity contribution in [1.29, 1.82) is 0 Å². The number of hydrogen-bond acceptors (Lipinski definition) is 3. The Bertz CT molecular complexity index is 358. The van der Waals surface area contributed by atoms with Crippen molar-refractivity contribution in [1.82, 2.24) is 4.98 Å². The Labute approximate surface area is 91.3 Å². The zero-order valence-electron chi connectivity index (χ0n) is 8.97. The number of aromatic nitrogens is 1. The van der Waals surface area contributed by atoms with Crippen LogP contribution in [0.4, 0.5) is 19.0 Å². The molecule has 2 N–H and O–H groups in total. The topological polar surface area (TPSA) is 45.1 Å². The van der Waals surface area contributed by atoms with Crippen LogP contribution < -0.4 is 5.32 Å². The van der Waals surface area contributed by atoms with Crippen molar-refractivity contribution >= 4 is 5.82 Å². The highest BCUT2D eigenvalue weighted by Crippen LogP contribution is 2.33. The molecule has 0 spiro atoms. The molecule has 3 nitrogen and oxygen atoms in total. The maximum Gasteiger partial charge on any atom is 0.419 e. The van der Waals surface area contributed by atoms with Gasteiger partial charge < -0.3 is 10.4 Å². The van der Waals surface area contributed by atoms with Crippen LogP contribution in [0.2, 0.25) is 0 Å². The van der Waals surface area contributed by atoms with Gasteiger partial charge in [0.25, 0.3) is 0 Å². The van der Waals surface area contributed by atoms with Crippen molar-refractivity contribution < 1.29 is 18.3 Å². The van der Waals surface area contributed by atoms with Crippen LogP contribution in [0.15, 0.2) is 18.3 Å². The summed E-state index contributed by atoms with van der Waals surface area (Å²) in [7, 11) is 0. The smallest absolute Gasteiger partial charge is 0.389 e. The van der Waals surface area contributed by atoms with E-state index in [1.807, 2.05) is 0 Å². The molecule has 0 bridgehead atoms. The third kappa shape index (κ3) is 3.69. The van der Waals surface area contributed by atoms with Crippen molar-refractivity contribution in [3.8, 4) is 0 Å². The summed E-state index contributed by atoms with van der Waals surface area (Å²) in [5.41, 5.74) is -1.93. The third-order valence-corrected chi connectivity index (χ3v) is 1.80. The van der Waals surface area contributed by atoms with E-state index in [-0.39, 0.29) is 12.4 Å². The number of pyridine rings is 1. The lowest BCUT2D eigenvalue weighted by Crippen LogP contribution is -2.30. The van der Waals surface area contributed by atoms with E-state index in [0.717, 1.165) is 6.07 Å². The monoisotopic (exact) mass is 234 g/mol. The molecule has 1 aromatic heterocycles. The Morgan fingerprint density at radius 3 is 2.50 bits per heavy atom. The third-order valence-electron chi connectivity index (χ3n) is 1.80. The normalized spacial score (nSPS) is 12.6. The average molecular weight is 234 g/mol. The van der Waals surface area contributed by atoms with Gasteiger partial charge in [0.15, 0.2) is 0 Å². The summed E-state index contributed by atoms with van der Waals surface area (Å²) >= 11 is 0. The number of nitrogens with one attached hydrogen (secondary N) is 1. The predicted molar refractivity (Wildman–Crippen MR) is 54.0 cm³/mol. The molecule has 1 aromatic rings. The minimum Gasteiger partial charge on any atom is -0.389 e. The number of aliphatic hydroxyl groups is 1. The molecule has 90 valence electrons. The van der Waals surface area contributed by atoms with Crippen molar-refractivity contribution in [3.05, 3.63) is 23.9 Å². The van der Waals surface area contributed by atoms with E-state index >= 15 is 0 Å². The van der Waals surface area contributed by atoms with Crippen LogP contribution in [0.3, 0.4) is 0 Å². The number of nitrogens with zero attached hydrogens (tertiary/aromatic N) is 1. The van der Waals surface area contributed by atoms with E-state index in [9.17, 15) is 18.3 Å². The van der Waals surface area contributed by atoms with Gasteiger partial charge in [-0.05, 0) is 26.0 Å². The van der Waals surface area contributed by atoms with E-state index in [2.05, 4.69) is 10.3 Å². The molecule has 0 aliphatic heterocycles. The first-order valence-corrected chi connectivity index (χ1v) is 4.68. The quantitative estimate of drug-likeness (QED) is 0.843. The molecule has 0 aromatic carbocycles. The first-order valence-electron chi connectivity index (χ1n) is 4.68. The van der Waals surface area contributed by atoms with E-state index in [1.165, 1.54) is 26.1 Å². The van der Waals surface area contributed by atoms with Crippen LogP contribution in [0, 0.1) is 0 Å². The van der Waals surface area contributed by atoms with Crippen molar-refractivity contribution in [2.24, 2.45) is 0 Å². The summed E-state index contributed by atoms with van der Waals surface area (Å²) in [6.07, 6.45) is -3.18. The highest BCUT2D eigenvalue weighted by atomic mass is 19.4.